The molecule has 94 valence electrons. The third-order valence-corrected chi connectivity index (χ3v) is 4.23. The fraction of sp³-hybridized carbons (Fsp3) is 0.417. The van der Waals surface area contributed by atoms with Gasteiger partial charge >= 0.3 is 0 Å². The van der Waals surface area contributed by atoms with Gasteiger partial charge in [0.25, 0.3) is 5.91 Å². The number of rotatable bonds is 4. The van der Waals surface area contributed by atoms with Gasteiger partial charge in [-0.25, -0.2) is 4.39 Å². The van der Waals surface area contributed by atoms with Crippen molar-refractivity contribution in [1.29, 1.82) is 0 Å². The third kappa shape index (κ3) is 3.42. The second kappa shape index (κ2) is 5.83. The third-order valence-electron chi connectivity index (χ3n) is 2.68. The van der Waals surface area contributed by atoms with E-state index in [-0.39, 0.29) is 10.6 Å². The Balaban J connectivity index is 2.98. The van der Waals surface area contributed by atoms with Crippen molar-refractivity contribution in [2.24, 2.45) is 0 Å². The van der Waals surface area contributed by atoms with Crippen LogP contribution in [0.2, 0.25) is 5.02 Å². The highest BCUT2D eigenvalue weighted by atomic mass is 79.9. The minimum atomic E-state index is -0.608. The minimum absolute atomic E-state index is 0.102. The second-order valence-corrected chi connectivity index (χ2v) is 5.07. The van der Waals surface area contributed by atoms with Gasteiger partial charge < -0.3 is 5.32 Å². The monoisotopic (exact) mass is 321 g/mol. The first kappa shape index (κ1) is 14.5. The molecule has 0 spiro atoms. The smallest absolute Gasteiger partial charge is 0.256 e. The van der Waals surface area contributed by atoms with Crippen LogP contribution >= 0.6 is 27.5 Å². The van der Waals surface area contributed by atoms with Gasteiger partial charge in [-0.3, -0.25) is 4.79 Å². The van der Waals surface area contributed by atoms with Crippen LogP contribution in [-0.2, 0) is 0 Å². The molecule has 1 rings (SSSR count). The molecule has 0 radical (unpaired) electrons. The van der Waals surface area contributed by atoms with Gasteiger partial charge in [0.05, 0.1) is 10.6 Å². The minimum Gasteiger partial charge on any atom is -0.346 e. The molecular weight excluding hydrogens is 308 g/mol. The number of benzene rings is 1. The predicted octanol–water partition coefficient (Wildman–Crippen LogP) is 3.77. The van der Waals surface area contributed by atoms with Gasteiger partial charge in [-0.15, -0.1) is 0 Å². The van der Waals surface area contributed by atoms with Gasteiger partial charge in [-0.2, -0.15) is 0 Å². The molecule has 2 nitrogen and oxygen atoms in total. The van der Waals surface area contributed by atoms with Crippen molar-refractivity contribution in [3.8, 4) is 0 Å². The van der Waals surface area contributed by atoms with Crippen molar-refractivity contribution in [3.05, 3.63) is 34.6 Å². The lowest BCUT2D eigenvalue weighted by Gasteiger charge is -2.27. The van der Waals surface area contributed by atoms with Crippen LogP contribution in [0.15, 0.2) is 18.2 Å². The summed E-state index contributed by atoms with van der Waals surface area (Å²) in [5, 5.41) is 3.49. The topological polar surface area (TPSA) is 29.1 Å². The largest absolute Gasteiger partial charge is 0.346 e. The van der Waals surface area contributed by atoms with Gasteiger partial charge in [0, 0.05) is 10.9 Å². The van der Waals surface area contributed by atoms with Crippen LogP contribution in [0.25, 0.3) is 0 Å². The van der Waals surface area contributed by atoms with E-state index in [1.54, 1.807) is 0 Å². The summed E-state index contributed by atoms with van der Waals surface area (Å²) >= 11 is 9.16. The molecule has 5 heteroatoms. The van der Waals surface area contributed by atoms with Crippen molar-refractivity contribution < 1.29 is 9.18 Å². The molecule has 0 aromatic heterocycles. The summed E-state index contributed by atoms with van der Waals surface area (Å²) in [4.78, 5) is 12.0. The van der Waals surface area contributed by atoms with Crippen molar-refractivity contribution in [2.45, 2.75) is 25.8 Å². The van der Waals surface area contributed by atoms with Gasteiger partial charge in [-0.05, 0) is 25.5 Å². The molecule has 1 N–H and O–H groups in total. The number of alkyl halides is 1. The van der Waals surface area contributed by atoms with E-state index in [0.717, 1.165) is 6.42 Å². The van der Waals surface area contributed by atoms with E-state index in [1.807, 2.05) is 13.8 Å². The van der Waals surface area contributed by atoms with Crippen molar-refractivity contribution in [3.63, 3.8) is 0 Å². The molecule has 0 heterocycles. The van der Waals surface area contributed by atoms with Crippen molar-refractivity contribution in [2.75, 3.05) is 5.33 Å². The Morgan fingerprint density at radius 2 is 2.24 bits per heavy atom. The Morgan fingerprint density at radius 1 is 1.59 bits per heavy atom. The molecule has 1 aromatic carbocycles. The summed E-state index contributed by atoms with van der Waals surface area (Å²) in [5.41, 5.74) is -0.516. The Bertz CT molecular complexity index is 401. The lowest BCUT2D eigenvalue weighted by atomic mass is 10.0. The summed E-state index contributed by atoms with van der Waals surface area (Å²) < 4.78 is 13.5. The highest BCUT2D eigenvalue weighted by Gasteiger charge is 2.25. The van der Waals surface area contributed by atoms with Gasteiger partial charge in [0.2, 0.25) is 0 Å². The first-order valence-electron chi connectivity index (χ1n) is 5.26. The maximum atomic E-state index is 13.5. The van der Waals surface area contributed by atoms with Crippen LogP contribution < -0.4 is 5.32 Å². The molecule has 0 aliphatic carbocycles. The standard InChI is InChI=1S/C12H14BrClFNO/c1-3-12(2,7-13)16-11(17)10-8(14)5-4-6-9(10)15/h4-6H,3,7H2,1-2H3,(H,16,17). The van der Waals surface area contributed by atoms with E-state index in [2.05, 4.69) is 21.2 Å². The zero-order valence-corrected chi connectivity index (χ0v) is 12.0. The summed E-state index contributed by atoms with van der Waals surface area (Å²) in [6.07, 6.45) is 0.732. The van der Waals surface area contributed by atoms with E-state index < -0.39 is 17.3 Å². The SMILES string of the molecule is CCC(C)(CBr)NC(=O)c1c(F)cccc1Cl. The first-order valence-corrected chi connectivity index (χ1v) is 6.76. The molecule has 0 bridgehead atoms. The molecule has 1 amide bonds. The Labute approximate surface area is 114 Å². The molecule has 1 unspecified atom stereocenters. The number of halogens is 3. The predicted molar refractivity (Wildman–Crippen MR) is 71.4 cm³/mol. The number of carbonyl (C=O) groups is 1. The molecule has 0 fully saturated rings. The van der Waals surface area contributed by atoms with Gasteiger partial charge in [0.15, 0.2) is 0 Å². The van der Waals surface area contributed by atoms with Gasteiger partial charge in [-0.1, -0.05) is 40.5 Å². The Hall–Kier alpha value is -0.610. The average Bonchev–Trinajstić information content (AvgIpc) is 2.28. The number of nitrogens with one attached hydrogen (secondary N) is 1. The quantitative estimate of drug-likeness (QED) is 0.840. The van der Waals surface area contributed by atoms with Crippen molar-refractivity contribution >= 4 is 33.4 Å². The summed E-state index contributed by atoms with van der Waals surface area (Å²) in [6, 6.07) is 4.19. The average molecular weight is 323 g/mol. The lowest BCUT2D eigenvalue weighted by molar-refractivity contribution is 0.0909. The van der Waals surface area contributed by atoms with E-state index >= 15 is 0 Å². The maximum absolute atomic E-state index is 13.5. The zero-order valence-electron chi connectivity index (χ0n) is 9.69. The van der Waals surface area contributed by atoms with E-state index in [0.29, 0.717) is 5.33 Å². The molecule has 17 heavy (non-hydrogen) atoms. The molecular formula is C12H14BrClFNO. The Morgan fingerprint density at radius 3 is 2.71 bits per heavy atom. The lowest BCUT2D eigenvalue weighted by Crippen LogP contribution is -2.47. The molecule has 1 aromatic rings. The van der Waals surface area contributed by atoms with Gasteiger partial charge in [0.1, 0.15) is 5.82 Å². The van der Waals surface area contributed by atoms with Crippen LogP contribution in [0.4, 0.5) is 4.39 Å². The van der Waals surface area contributed by atoms with Crippen LogP contribution in [-0.4, -0.2) is 16.8 Å². The van der Waals surface area contributed by atoms with Crippen LogP contribution in [0, 0.1) is 5.82 Å². The fourth-order valence-corrected chi connectivity index (χ4v) is 2.05. The molecule has 0 aliphatic rings. The summed E-state index contributed by atoms with van der Waals surface area (Å²) in [5.74, 6) is -1.10. The first-order chi connectivity index (χ1) is 7.93. The maximum Gasteiger partial charge on any atom is 0.256 e. The highest BCUT2D eigenvalue weighted by molar-refractivity contribution is 9.09. The summed E-state index contributed by atoms with van der Waals surface area (Å²) in [7, 11) is 0. The van der Waals surface area contributed by atoms with E-state index in [1.165, 1.54) is 18.2 Å². The van der Waals surface area contributed by atoms with Crippen LogP contribution in [0.1, 0.15) is 30.6 Å². The van der Waals surface area contributed by atoms with E-state index in [9.17, 15) is 9.18 Å². The molecule has 0 saturated heterocycles. The second-order valence-electron chi connectivity index (χ2n) is 4.10. The fourth-order valence-electron chi connectivity index (χ4n) is 1.27. The van der Waals surface area contributed by atoms with Crippen LogP contribution in [0.3, 0.4) is 0 Å². The Kier molecular flexibility index (Phi) is 4.95. The normalized spacial score (nSPS) is 14.2. The number of hydrogen-bond donors (Lipinski definition) is 1. The number of hydrogen-bond acceptors (Lipinski definition) is 1. The summed E-state index contributed by atoms with van der Waals surface area (Å²) in [6.45, 7) is 3.83. The van der Waals surface area contributed by atoms with Crippen molar-refractivity contribution in [1.82, 2.24) is 5.32 Å². The number of amides is 1. The highest BCUT2D eigenvalue weighted by Crippen LogP contribution is 2.21. The zero-order chi connectivity index (χ0) is 13.1. The molecule has 0 saturated carbocycles. The van der Waals surface area contributed by atoms with E-state index in [4.69, 9.17) is 11.6 Å². The van der Waals surface area contributed by atoms with Crippen LogP contribution in [0.5, 0.6) is 0 Å². The molecule has 0 aliphatic heterocycles. The number of carbonyl (C=O) groups excluding carboxylic acids is 1. The molecule has 1 atom stereocenters.